The van der Waals surface area contributed by atoms with Crippen molar-refractivity contribution in [3.63, 3.8) is 0 Å². The van der Waals surface area contributed by atoms with Crippen LogP contribution in [0.4, 0.5) is 5.69 Å². The summed E-state index contributed by atoms with van der Waals surface area (Å²) in [5.74, 6) is 0.316. The summed E-state index contributed by atoms with van der Waals surface area (Å²) in [7, 11) is -0.711. The van der Waals surface area contributed by atoms with Gasteiger partial charge in [0.05, 0.1) is 12.8 Å². The van der Waals surface area contributed by atoms with E-state index in [1.165, 1.54) is 24.5 Å². The second-order valence-corrected chi connectivity index (χ2v) is 6.96. The van der Waals surface area contributed by atoms with Gasteiger partial charge in [-0.05, 0) is 30.3 Å². The second-order valence-electron chi connectivity index (χ2n) is 4.10. The molecule has 4 nitrogen and oxygen atoms in total. The molecule has 0 aromatic heterocycles. The van der Waals surface area contributed by atoms with Gasteiger partial charge in [-0.2, -0.15) is 0 Å². The second kappa shape index (κ2) is 5.85. The van der Waals surface area contributed by atoms with Gasteiger partial charge in [-0.1, -0.05) is 34.1 Å². The standard InChI is InChI=1S/C14H14BrNO3S/c1-16(12-6-4-3-5-7-12)20(17,18)14-10-11(15)8-9-13(14)19-2/h3-10H,1-2H3. The fourth-order valence-electron chi connectivity index (χ4n) is 1.78. The minimum Gasteiger partial charge on any atom is -0.495 e. The third-order valence-electron chi connectivity index (χ3n) is 2.88. The quantitative estimate of drug-likeness (QED) is 0.845. The topological polar surface area (TPSA) is 46.6 Å². The summed E-state index contributed by atoms with van der Waals surface area (Å²) in [6.07, 6.45) is 0. The third kappa shape index (κ3) is 2.81. The highest BCUT2D eigenvalue weighted by Crippen LogP contribution is 2.31. The van der Waals surface area contributed by atoms with Crippen LogP contribution in [0.25, 0.3) is 0 Å². The van der Waals surface area contributed by atoms with Gasteiger partial charge in [0, 0.05) is 11.5 Å². The zero-order chi connectivity index (χ0) is 14.8. The molecular weight excluding hydrogens is 342 g/mol. The van der Waals surface area contributed by atoms with E-state index in [9.17, 15) is 8.42 Å². The number of nitrogens with zero attached hydrogens (tertiary/aromatic N) is 1. The van der Waals surface area contributed by atoms with Crippen molar-refractivity contribution in [1.82, 2.24) is 0 Å². The molecule has 0 amide bonds. The summed E-state index contributed by atoms with van der Waals surface area (Å²) in [4.78, 5) is 0.126. The maximum atomic E-state index is 12.7. The van der Waals surface area contributed by atoms with Gasteiger partial charge >= 0.3 is 0 Å². The van der Waals surface area contributed by atoms with Gasteiger partial charge in [0.2, 0.25) is 0 Å². The first kappa shape index (κ1) is 14.9. The monoisotopic (exact) mass is 355 g/mol. The highest BCUT2D eigenvalue weighted by Gasteiger charge is 2.25. The smallest absolute Gasteiger partial charge is 0.267 e. The molecule has 0 bridgehead atoms. The molecule has 0 saturated heterocycles. The van der Waals surface area contributed by atoms with E-state index in [1.807, 2.05) is 6.07 Å². The van der Waals surface area contributed by atoms with Gasteiger partial charge in [-0.3, -0.25) is 4.31 Å². The van der Waals surface area contributed by atoms with Crippen molar-refractivity contribution >= 4 is 31.6 Å². The van der Waals surface area contributed by atoms with Gasteiger partial charge in [0.25, 0.3) is 10.0 Å². The van der Waals surface area contributed by atoms with Gasteiger partial charge in [-0.25, -0.2) is 8.42 Å². The number of hydrogen-bond acceptors (Lipinski definition) is 3. The summed E-state index contributed by atoms with van der Waals surface area (Å²) < 4.78 is 32.4. The highest BCUT2D eigenvalue weighted by molar-refractivity contribution is 9.10. The molecule has 0 aliphatic carbocycles. The van der Waals surface area contributed by atoms with Crippen LogP contribution in [0, 0.1) is 0 Å². The molecule has 0 unspecified atom stereocenters. The average Bonchev–Trinajstić information content (AvgIpc) is 2.47. The van der Waals surface area contributed by atoms with Crippen LogP contribution in [0.3, 0.4) is 0 Å². The fourth-order valence-corrected chi connectivity index (χ4v) is 3.66. The molecule has 0 atom stereocenters. The first-order valence-electron chi connectivity index (χ1n) is 5.84. The average molecular weight is 356 g/mol. The van der Waals surface area contributed by atoms with Crippen LogP contribution in [0.15, 0.2) is 57.9 Å². The maximum Gasteiger partial charge on any atom is 0.267 e. The van der Waals surface area contributed by atoms with Crippen molar-refractivity contribution in [2.75, 3.05) is 18.5 Å². The number of rotatable bonds is 4. The van der Waals surface area contributed by atoms with E-state index in [0.29, 0.717) is 15.9 Å². The normalized spacial score (nSPS) is 11.2. The zero-order valence-corrected chi connectivity index (χ0v) is 13.5. The number of ether oxygens (including phenoxy) is 1. The molecule has 0 radical (unpaired) electrons. The van der Waals surface area contributed by atoms with E-state index in [0.717, 1.165) is 0 Å². The molecule has 106 valence electrons. The SMILES string of the molecule is COc1ccc(Br)cc1S(=O)(=O)N(C)c1ccccc1. The maximum absolute atomic E-state index is 12.7. The minimum absolute atomic E-state index is 0.126. The van der Waals surface area contributed by atoms with Gasteiger partial charge in [0.15, 0.2) is 0 Å². The summed E-state index contributed by atoms with van der Waals surface area (Å²) >= 11 is 3.28. The molecule has 0 spiro atoms. The van der Waals surface area contributed by atoms with Crippen molar-refractivity contribution < 1.29 is 13.2 Å². The summed E-state index contributed by atoms with van der Waals surface area (Å²) in [5.41, 5.74) is 0.592. The first-order valence-corrected chi connectivity index (χ1v) is 8.07. The minimum atomic E-state index is -3.68. The van der Waals surface area contributed by atoms with Crippen LogP contribution < -0.4 is 9.04 Å². The number of anilines is 1. The highest BCUT2D eigenvalue weighted by atomic mass is 79.9. The zero-order valence-electron chi connectivity index (χ0n) is 11.1. The first-order chi connectivity index (χ1) is 9.46. The molecule has 0 saturated carbocycles. The summed E-state index contributed by atoms with van der Waals surface area (Å²) in [5, 5.41) is 0. The van der Waals surface area contributed by atoms with E-state index in [4.69, 9.17) is 4.74 Å². The Hall–Kier alpha value is -1.53. The van der Waals surface area contributed by atoms with Gasteiger partial charge < -0.3 is 4.74 Å². The Kier molecular flexibility index (Phi) is 4.35. The Labute approximate surface area is 127 Å². The Morgan fingerprint density at radius 3 is 2.35 bits per heavy atom. The van der Waals surface area contributed by atoms with Crippen LogP contribution in [-0.4, -0.2) is 22.6 Å². The lowest BCUT2D eigenvalue weighted by atomic mass is 10.3. The predicted molar refractivity (Wildman–Crippen MR) is 82.7 cm³/mol. The molecule has 6 heteroatoms. The Bertz CT molecular complexity index is 702. The van der Waals surface area contributed by atoms with Crippen molar-refractivity contribution in [2.45, 2.75) is 4.90 Å². The molecule has 2 rings (SSSR count). The molecule has 0 heterocycles. The summed E-state index contributed by atoms with van der Waals surface area (Å²) in [6, 6.07) is 13.8. The van der Waals surface area contributed by atoms with Crippen LogP contribution in [0.2, 0.25) is 0 Å². The van der Waals surface area contributed by atoms with Crippen LogP contribution in [0.1, 0.15) is 0 Å². The Morgan fingerprint density at radius 1 is 1.10 bits per heavy atom. The predicted octanol–water partition coefficient (Wildman–Crippen LogP) is 3.28. The van der Waals surface area contributed by atoms with Gasteiger partial charge in [0.1, 0.15) is 10.6 Å². The van der Waals surface area contributed by atoms with E-state index in [2.05, 4.69) is 15.9 Å². The van der Waals surface area contributed by atoms with E-state index in [1.54, 1.807) is 36.4 Å². The third-order valence-corrected chi connectivity index (χ3v) is 5.18. The number of benzene rings is 2. The molecule has 0 aliphatic rings. The lowest BCUT2D eigenvalue weighted by Crippen LogP contribution is -2.26. The molecule has 0 aliphatic heterocycles. The number of hydrogen-bond donors (Lipinski definition) is 0. The number of sulfonamides is 1. The Morgan fingerprint density at radius 2 is 1.75 bits per heavy atom. The van der Waals surface area contributed by atoms with Crippen LogP contribution in [0.5, 0.6) is 5.75 Å². The molecule has 2 aromatic carbocycles. The molecular formula is C14H14BrNO3S. The number of halogens is 1. The number of methoxy groups -OCH3 is 1. The van der Waals surface area contributed by atoms with Crippen molar-refractivity contribution in [2.24, 2.45) is 0 Å². The molecule has 2 aromatic rings. The molecule has 0 N–H and O–H groups in total. The van der Waals surface area contributed by atoms with Crippen LogP contribution in [-0.2, 0) is 10.0 Å². The molecule has 20 heavy (non-hydrogen) atoms. The van der Waals surface area contributed by atoms with Crippen molar-refractivity contribution in [3.05, 3.63) is 53.0 Å². The number of para-hydroxylation sites is 1. The van der Waals surface area contributed by atoms with Crippen molar-refractivity contribution in [3.8, 4) is 5.75 Å². The van der Waals surface area contributed by atoms with Crippen LogP contribution >= 0.6 is 15.9 Å². The van der Waals surface area contributed by atoms with Gasteiger partial charge in [-0.15, -0.1) is 0 Å². The lowest BCUT2D eigenvalue weighted by Gasteiger charge is -2.20. The largest absolute Gasteiger partial charge is 0.495 e. The molecule has 0 fully saturated rings. The lowest BCUT2D eigenvalue weighted by molar-refractivity contribution is 0.402. The van der Waals surface area contributed by atoms with E-state index < -0.39 is 10.0 Å². The van der Waals surface area contributed by atoms with E-state index in [-0.39, 0.29) is 4.90 Å². The fraction of sp³-hybridized carbons (Fsp3) is 0.143. The summed E-state index contributed by atoms with van der Waals surface area (Å²) in [6.45, 7) is 0. The van der Waals surface area contributed by atoms with E-state index >= 15 is 0 Å². The van der Waals surface area contributed by atoms with Crippen molar-refractivity contribution in [1.29, 1.82) is 0 Å². The Balaban J connectivity index is 2.53.